The largest absolute Gasteiger partial charge is 0.351 e. The summed E-state index contributed by atoms with van der Waals surface area (Å²) in [6, 6.07) is 24.8. The zero-order valence-electron chi connectivity index (χ0n) is 14.7. The van der Waals surface area contributed by atoms with E-state index in [1.54, 1.807) is 0 Å². The van der Waals surface area contributed by atoms with Crippen LogP contribution in [0.1, 0.15) is 17.5 Å². The number of rotatable bonds is 2. The molecule has 0 amide bonds. The zero-order valence-corrected chi connectivity index (χ0v) is 14.7. The molecule has 0 aromatic heterocycles. The number of nitrogens with zero attached hydrogens (tertiary/aromatic N) is 2. The van der Waals surface area contributed by atoms with Gasteiger partial charge in [-0.2, -0.15) is 10.5 Å². The van der Waals surface area contributed by atoms with Gasteiger partial charge in [0.15, 0.2) is 0 Å². The molecule has 0 N–H and O–H groups in total. The van der Waals surface area contributed by atoms with Crippen LogP contribution in [0.5, 0.6) is 0 Å². The van der Waals surface area contributed by atoms with Gasteiger partial charge in [-0.25, -0.2) is 0 Å². The van der Waals surface area contributed by atoms with E-state index < -0.39 is 23.0 Å². The number of hydrogen-bond donors (Lipinski definition) is 0. The Kier molecular flexibility index (Phi) is 3.38. The molecule has 1 aliphatic carbocycles. The lowest BCUT2D eigenvalue weighted by atomic mass is 9.55. The first-order chi connectivity index (χ1) is 13.3. The van der Waals surface area contributed by atoms with Crippen LogP contribution in [0.15, 0.2) is 84.5 Å². The minimum atomic E-state index is -0.873. The Labute approximate surface area is 158 Å². The van der Waals surface area contributed by atoms with Crippen molar-refractivity contribution in [3.63, 3.8) is 0 Å². The molecular weight excluding hydrogens is 332 g/mol. The summed E-state index contributed by atoms with van der Waals surface area (Å²) in [5.74, 6) is -1.03. The lowest BCUT2D eigenvalue weighted by Gasteiger charge is -2.41. The summed E-state index contributed by atoms with van der Waals surface area (Å²) in [4.78, 5) is 0. The van der Waals surface area contributed by atoms with Crippen molar-refractivity contribution >= 4 is 0 Å². The number of allylic oxidation sites excluding steroid dienone is 3. The van der Waals surface area contributed by atoms with E-state index in [2.05, 4.69) is 30.4 Å². The van der Waals surface area contributed by atoms with Gasteiger partial charge < -0.3 is 4.74 Å². The molecule has 0 spiro atoms. The lowest BCUT2D eigenvalue weighted by molar-refractivity contribution is -0.0729. The van der Waals surface area contributed by atoms with E-state index in [1.807, 2.05) is 60.7 Å². The van der Waals surface area contributed by atoms with Gasteiger partial charge in [0, 0.05) is 5.92 Å². The third-order valence-corrected chi connectivity index (χ3v) is 6.37. The molecule has 130 valence electrons. The number of nitriles is 2. The molecule has 27 heavy (non-hydrogen) atoms. The van der Waals surface area contributed by atoms with Gasteiger partial charge in [0.05, 0.1) is 18.1 Å². The second-order valence-corrected chi connectivity index (χ2v) is 7.41. The Morgan fingerprint density at radius 3 is 2.11 bits per heavy atom. The van der Waals surface area contributed by atoms with Gasteiger partial charge in [-0.3, -0.25) is 0 Å². The fourth-order valence-electron chi connectivity index (χ4n) is 5.39. The van der Waals surface area contributed by atoms with Crippen LogP contribution >= 0.6 is 0 Å². The molecule has 5 rings (SSSR count). The van der Waals surface area contributed by atoms with Crippen LogP contribution in [-0.4, -0.2) is 0 Å². The van der Waals surface area contributed by atoms with Crippen LogP contribution in [0.4, 0.5) is 0 Å². The molecule has 3 aliphatic rings. The molecule has 2 fully saturated rings. The SMILES string of the molecule is N#CC1C(C#N)C2(c3ccccc3)OC1(c1ccccc1)C1=CC=CCC12. The average molecular weight is 350 g/mol. The third kappa shape index (κ3) is 1.82. The predicted molar refractivity (Wildman–Crippen MR) is 101 cm³/mol. The highest BCUT2D eigenvalue weighted by molar-refractivity contribution is 5.53. The summed E-state index contributed by atoms with van der Waals surface area (Å²) in [5.41, 5.74) is 1.39. The Hall–Kier alpha value is -3.14. The molecule has 5 unspecified atom stereocenters. The Morgan fingerprint density at radius 2 is 1.48 bits per heavy atom. The second-order valence-electron chi connectivity index (χ2n) is 7.41. The van der Waals surface area contributed by atoms with E-state index >= 15 is 0 Å². The lowest BCUT2D eigenvalue weighted by Crippen LogP contribution is -2.45. The van der Waals surface area contributed by atoms with E-state index in [1.165, 1.54) is 0 Å². The van der Waals surface area contributed by atoms with E-state index in [9.17, 15) is 10.5 Å². The first-order valence-corrected chi connectivity index (χ1v) is 9.26. The van der Waals surface area contributed by atoms with E-state index in [0.717, 1.165) is 23.1 Å². The van der Waals surface area contributed by atoms with Crippen LogP contribution in [-0.2, 0) is 15.9 Å². The fraction of sp³-hybridized carbons (Fsp3) is 0.250. The Morgan fingerprint density at radius 1 is 0.852 bits per heavy atom. The van der Waals surface area contributed by atoms with Crippen LogP contribution in [0.2, 0.25) is 0 Å². The maximum Gasteiger partial charge on any atom is 0.133 e. The van der Waals surface area contributed by atoms with Crippen LogP contribution < -0.4 is 0 Å². The normalized spacial score (nSPS) is 35.8. The van der Waals surface area contributed by atoms with Crippen molar-refractivity contribution in [2.75, 3.05) is 0 Å². The molecule has 0 saturated carbocycles. The molecule has 2 aliphatic heterocycles. The van der Waals surface area contributed by atoms with Gasteiger partial charge in [-0.1, -0.05) is 78.9 Å². The van der Waals surface area contributed by atoms with Crippen molar-refractivity contribution in [2.24, 2.45) is 17.8 Å². The van der Waals surface area contributed by atoms with Crippen LogP contribution in [0, 0.1) is 40.4 Å². The molecule has 2 heterocycles. The van der Waals surface area contributed by atoms with Gasteiger partial charge in [0.2, 0.25) is 0 Å². The van der Waals surface area contributed by atoms with Crippen molar-refractivity contribution in [1.29, 1.82) is 10.5 Å². The monoisotopic (exact) mass is 350 g/mol. The quantitative estimate of drug-likeness (QED) is 0.795. The first-order valence-electron chi connectivity index (χ1n) is 9.26. The fourth-order valence-corrected chi connectivity index (χ4v) is 5.39. The van der Waals surface area contributed by atoms with Gasteiger partial charge in [0.1, 0.15) is 17.1 Å². The van der Waals surface area contributed by atoms with Gasteiger partial charge in [0.25, 0.3) is 0 Å². The van der Waals surface area contributed by atoms with E-state index in [-0.39, 0.29) is 5.92 Å². The summed E-state index contributed by atoms with van der Waals surface area (Å²) in [6.45, 7) is 0. The average Bonchev–Trinajstić information content (AvgIpc) is 3.23. The molecule has 3 heteroatoms. The van der Waals surface area contributed by atoms with Crippen LogP contribution in [0.25, 0.3) is 0 Å². The first kappa shape index (κ1) is 16.1. The maximum atomic E-state index is 10.1. The zero-order chi connectivity index (χ0) is 18.5. The standard InChI is InChI=1S/C24H18N2O/c25-15-21-22(16-26)24(18-11-5-2-6-12-18)20-14-8-7-13-19(20)23(21,27-24)17-9-3-1-4-10-17/h1-13,20-22H,14H2. The van der Waals surface area contributed by atoms with E-state index in [4.69, 9.17) is 4.74 Å². The summed E-state index contributed by atoms with van der Waals surface area (Å²) in [7, 11) is 0. The molecule has 0 radical (unpaired) electrons. The summed E-state index contributed by atoms with van der Waals surface area (Å²) in [5, 5.41) is 20.3. The maximum absolute atomic E-state index is 10.1. The molecule has 2 aromatic rings. The highest BCUT2D eigenvalue weighted by atomic mass is 16.5. The summed E-state index contributed by atoms with van der Waals surface area (Å²) < 4.78 is 6.92. The van der Waals surface area contributed by atoms with Crippen molar-refractivity contribution in [1.82, 2.24) is 0 Å². The number of ether oxygens (including phenoxy) is 1. The van der Waals surface area contributed by atoms with E-state index in [0.29, 0.717) is 0 Å². The Balaban J connectivity index is 1.85. The van der Waals surface area contributed by atoms with Crippen molar-refractivity contribution < 1.29 is 4.74 Å². The van der Waals surface area contributed by atoms with Crippen molar-refractivity contribution in [3.05, 3.63) is 95.6 Å². The Bertz CT molecular complexity index is 1030. The molecular formula is C24H18N2O. The summed E-state index contributed by atoms with van der Waals surface area (Å²) in [6.07, 6.45) is 7.10. The predicted octanol–water partition coefficient (Wildman–Crippen LogP) is 4.60. The molecule has 2 bridgehead atoms. The minimum Gasteiger partial charge on any atom is -0.351 e. The molecule has 2 saturated heterocycles. The second kappa shape index (κ2) is 5.68. The topological polar surface area (TPSA) is 56.8 Å². The van der Waals surface area contributed by atoms with Gasteiger partial charge >= 0.3 is 0 Å². The highest BCUT2D eigenvalue weighted by Gasteiger charge is 2.75. The molecule has 5 atom stereocenters. The third-order valence-electron chi connectivity index (χ3n) is 6.37. The van der Waals surface area contributed by atoms with Crippen molar-refractivity contribution in [3.8, 4) is 12.1 Å². The van der Waals surface area contributed by atoms with Gasteiger partial charge in [-0.05, 0) is 23.1 Å². The number of hydrogen-bond acceptors (Lipinski definition) is 3. The number of benzene rings is 2. The van der Waals surface area contributed by atoms with Crippen LogP contribution in [0.3, 0.4) is 0 Å². The van der Waals surface area contributed by atoms with Crippen molar-refractivity contribution in [2.45, 2.75) is 17.6 Å². The van der Waals surface area contributed by atoms with Gasteiger partial charge in [-0.15, -0.1) is 0 Å². The number of fused-ring (bicyclic) bond motifs is 5. The highest BCUT2D eigenvalue weighted by Crippen LogP contribution is 2.71. The summed E-state index contributed by atoms with van der Waals surface area (Å²) >= 11 is 0. The minimum absolute atomic E-state index is 0.0550. The smallest absolute Gasteiger partial charge is 0.133 e. The molecule has 3 nitrogen and oxygen atoms in total. The molecule has 2 aromatic carbocycles.